The first-order chi connectivity index (χ1) is 9.31. The number of ether oxygens (including phenoxy) is 1. The molecule has 0 unspecified atom stereocenters. The Labute approximate surface area is 113 Å². The van der Waals surface area contributed by atoms with Crippen LogP contribution in [-0.2, 0) is 0 Å². The van der Waals surface area contributed by atoms with Crippen molar-refractivity contribution >= 4 is 16.6 Å². The molecule has 0 amide bonds. The third-order valence-electron chi connectivity index (χ3n) is 2.98. The van der Waals surface area contributed by atoms with Gasteiger partial charge in [-0.05, 0) is 12.1 Å². The van der Waals surface area contributed by atoms with Crippen LogP contribution >= 0.6 is 0 Å². The number of nitrogens with zero attached hydrogens (tertiary/aromatic N) is 2. The smallest absolute Gasteiger partial charge is 0.136 e. The maximum Gasteiger partial charge on any atom is 0.136 e. The molecule has 2 rings (SSSR count). The van der Waals surface area contributed by atoms with E-state index >= 15 is 0 Å². The highest BCUT2D eigenvalue weighted by molar-refractivity contribution is 5.96. The van der Waals surface area contributed by atoms with E-state index < -0.39 is 0 Å². The molecule has 4 nitrogen and oxygen atoms in total. The molecular formula is C15H18N2O2. The predicted molar refractivity (Wildman–Crippen MR) is 77.8 cm³/mol. The van der Waals surface area contributed by atoms with Gasteiger partial charge in [-0.3, -0.25) is 0 Å². The summed E-state index contributed by atoms with van der Waals surface area (Å²) in [5, 5.41) is 11.2. The van der Waals surface area contributed by atoms with Crippen molar-refractivity contribution in [2.45, 2.75) is 0 Å². The highest BCUT2D eigenvalue weighted by atomic mass is 16.5. The summed E-state index contributed by atoms with van der Waals surface area (Å²) in [5.74, 6) is 1.66. The maximum atomic E-state index is 9.17. The number of aliphatic hydroxyl groups is 1. The molecule has 0 aliphatic rings. The van der Waals surface area contributed by atoms with Gasteiger partial charge < -0.3 is 14.7 Å². The largest absolute Gasteiger partial charge is 0.496 e. The second-order valence-corrected chi connectivity index (χ2v) is 4.15. The van der Waals surface area contributed by atoms with Crippen molar-refractivity contribution in [2.24, 2.45) is 0 Å². The van der Waals surface area contributed by atoms with Crippen LogP contribution in [-0.4, -0.2) is 36.9 Å². The monoisotopic (exact) mass is 258 g/mol. The van der Waals surface area contributed by atoms with Gasteiger partial charge in [0.15, 0.2) is 0 Å². The van der Waals surface area contributed by atoms with Crippen LogP contribution < -0.4 is 9.64 Å². The average Bonchev–Trinajstić information content (AvgIpc) is 2.46. The van der Waals surface area contributed by atoms with E-state index in [1.165, 1.54) is 0 Å². The quantitative estimate of drug-likeness (QED) is 0.807. The lowest BCUT2D eigenvalue weighted by atomic mass is 10.1. The topological polar surface area (TPSA) is 45.6 Å². The second kappa shape index (κ2) is 6.20. The molecule has 2 aromatic rings. The minimum absolute atomic E-state index is 0.0792. The molecule has 4 heteroatoms. The number of fused-ring (bicyclic) bond motifs is 1. The summed E-state index contributed by atoms with van der Waals surface area (Å²) in [6.45, 7) is 4.99. The van der Waals surface area contributed by atoms with E-state index in [4.69, 9.17) is 9.84 Å². The lowest BCUT2D eigenvalue weighted by Crippen LogP contribution is -2.27. The molecular weight excluding hydrogens is 240 g/mol. The van der Waals surface area contributed by atoms with Gasteiger partial charge in [0.1, 0.15) is 11.6 Å². The highest BCUT2D eigenvalue weighted by Crippen LogP contribution is 2.30. The van der Waals surface area contributed by atoms with Crippen LogP contribution in [0.15, 0.2) is 43.1 Å². The molecule has 1 aromatic carbocycles. The molecule has 0 radical (unpaired) electrons. The van der Waals surface area contributed by atoms with Gasteiger partial charge in [-0.15, -0.1) is 6.58 Å². The van der Waals surface area contributed by atoms with Crippen molar-refractivity contribution in [1.82, 2.24) is 4.98 Å². The zero-order chi connectivity index (χ0) is 13.7. The zero-order valence-electron chi connectivity index (χ0n) is 11.0. The van der Waals surface area contributed by atoms with Crippen molar-refractivity contribution in [2.75, 3.05) is 31.7 Å². The molecule has 0 saturated carbocycles. The van der Waals surface area contributed by atoms with Crippen LogP contribution in [0.3, 0.4) is 0 Å². The summed E-state index contributed by atoms with van der Waals surface area (Å²) in [7, 11) is 1.66. The lowest BCUT2D eigenvalue weighted by molar-refractivity contribution is 0.303. The van der Waals surface area contributed by atoms with Gasteiger partial charge in [-0.1, -0.05) is 18.2 Å². The van der Waals surface area contributed by atoms with Crippen molar-refractivity contribution in [3.63, 3.8) is 0 Å². The Kier molecular flexibility index (Phi) is 4.36. The first kappa shape index (κ1) is 13.4. The van der Waals surface area contributed by atoms with Crippen LogP contribution in [0.1, 0.15) is 0 Å². The SMILES string of the molecule is C=CCN(CCO)c1nccc2c(OC)cccc12. The van der Waals surface area contributed by atoms with E-state index in [-0.39, 0.29) is 6.61 Å². The van der Waals surface area contributed by atoms with Gasteiger partial charge in [0.25, 0.3) is 0 Å². The fraction of sp³-hybridized carbons (Fsp3) is 0.267. The number of hydrogen-bond acceptors (Lipinski definition) is 4. The number of methoxy groups -OCH3 is 1. The molecule has 1 N–H and O–H groups in total. The standard InChI is InChI=1S/C15H18N2O2/c1-3-9-17(10-11-18)15-13-5-4-6-14(19-2)12(13)7-8-16-15/h3-8,18H,1,9-11H2,2H3. The Morgan fingerprint density at radius 1 is 1.37 bits per heavy atom. The molecule has 0 saturated heterocycles. The number of aromatic nitrogens is 1. The first-order valence-electron chi connectivity index (χ1n) is 6.20. The molecule has 0 bridgehead atoms. The van der Waals surface area contributed by atoms with Crippen LogP contribution in [0.5, 0.6) is 5.75 Å². The highest BCUT2D eigenvalue weighted by Gasteiger charge is 2.11. The minimum atomic E-state index is 0.0792. The van der Waals surface area contributed by atoms with E-state index in [0.717, 1.165) is 22.3 Å². The van der Waals surface area contributed by atoms with Crippen LogP contribution in [0.25, 0.3) is 10.8 Å². The third-order valence-corrected chi connectivity index (χ3v) is 2.98. The van der Waals surface area contributed by atoms with Crippen molar-refractivity contribution < 1.29 is 9.84 Å². The number of hydrogen-bond donors (Lipinski definition) is 1. The molecule has 0 aliphatic carbocycles. The van der Waals surface area contributed by atoms with Gasteiger partial charge >= 0.3 is 0 Å². The van der Waals surface area contributed by atoms with Crippen LogP contribution in [0.4, 0.5) is 5.82 Å². The summed E-state index contributed by atoms with van der Waals surface area (Å²) in [6, 6.07) is 7.81. The molecule has 0 spiro atoms. The minimum Gasteiger partial charge on any atom is -0.496 e. The Morgan fingerprint density at radius 3 is 2.89 bits per heavy atom. The Bertz CT molecular complexity index is 569. The van der Waals surface area contributed by atoms with Gasteiger partial charge in [0.2, 0.25) is 0 Å². The van der Waals surface area contributed by atoms with Crippen molar-refractivity contribution in [1.29, 1.82) is 0 Å². The summed E-state index contributed by atoms with van der Waals surface area (Å²) < 4.78 is 5.37. The summed E-state index contributed by atoms with van der Waals surface area (Å²) in [5.41, 5.74) is 0. The normalized spacial score (nSPS) is 10.4. The number of aliphatic hydroxyl groups excluding tert-OH is 1. The number of anilines is 1. The first-order valence-corrected chi connectivity index (χ1v) is 6.20. The molecule has 1 aromatic heterocycles. The zero-order valence-corrected chi connectivity index (χ0v) is 11.0. The molecule has 1 heterocycles. The predicted octanol–water partition coefficient (Wildman–Crippen LogP) is 2.23. The number of pyridine rings is 1. The second-order valence-electron chi connectivity index (χ2n) is 4.15. The third kappa shape index (κ3) is 2.69. The van der Waals surface area contributed by atoms with Crippen molar-refractivity contribution in [3.8, 4) is 5.75 Å². The molecule has 19 heavy (non-hydrogen) atoms. The molecule has 0 aliphatic heterocycles. The number of rotatable bonds is 6. The van der Waals surface area contributed by atoms with Gasteiger partial charge in [0.05, 0.1) is 13.7 Å². The fourth-order valence-corrected chi connectivity index (χ4v) is 2.15. The maximum absolute atomic E-state index is 9.17. The average molecular weight is 258 g/mol. The van der Waals surface area contributed by atoms with E-state index in [2.05, 4.69) is 11.6 Å². The van der Waals surface area contributed by atoms with E-state index in [1.807, 2.05) is 29.2 Å². The molecule has 100 valence electrons. The summed E-state index contributed by atoms with van der Waals surface area (Å²) in [6.07, 6.45) is 3.56. The Balaban J connectivity index is 2.56. The van der Waals surface area contributed by atoms with Gasteiger partial charge in [-0.25, -0.2) is 4.98 Å². The summed E-state index contributed by atoms with van der Waals surface area (Å²) in [4.78, 5) is 6.43. The summed E-state index contributed by atoms with van der Waals surface area (Å²) >= 11 is 0. The van der Waals surface area contributed by atoms with Crippen molar-refractivity contribution in [3.05, 3.63) is 43.1 Å². The lowest BCUT2D eigenvalue weighted by Gasteiger charge is -2.22. The fourth-order valence-electron chi connectivity index (χ4n) is 2.15. The van der Waals surface area contributed by atoms with Crippen LogP contribution in [0, 0.1) is 0 Å². The Hall–Kier alpha value is -2.07. The molecule has 0 fully saturated rings. The van der Waals surface area contributed by atoms with E-state index in [0.29, 0.717) is 13.1 Å². The number of benzene rings is 1. The van der Waals surface area contributed by atoms with Gasteiger partial charge in [0, 0.05) is 30.1 Å². The van der Waals surface area contributed by atoms with Crippen LogP contribution in [0.2, 0.25) is 0 Å². The van der Waals surface area contributed by atoms with E-state index in [9.17, 15) is 0 Å². The Morgan fingerprint density at radius 2 is 2.21 bits per heavy atom. The van der Waals surface area contributed by atoms with E-state index in [1.54, 1.807) is 19.4 Å². The van der Waals surface area contributed by atoms with Gasteiger partial charge in [-0.2, -0.15) is 0 Å². The molecule has 0 atom stereocenters.